The number of aryl methyl sites for hydroxylation is 1. The summed E-state index contributed by atoms with van der Waals surface area (Å²) in [5.74, 6) is -0.582. The largest absolute Gasteiger partial charge is 0.340 e. The van der Waals surface area contributed by atoms with Gasteiger partial charge in [0.05, 0.1) is 6.33 Å². The zero-order valence-corrected chi connectivity index (χ0v) is 23.3. The SMILES string of the molecule is CC1CCCN(C(=O)C(C)(C)n2cnc(NC(=O)[C@@H](NC3CCc4cc(F)cc(F)c4C3)c3ccccc3)c2)C1. The van der Waals surface area contributed by atoms with E-state index in [0.717, 1.165) is 37.6 Å². The smallest absolute Gasteiger partial charge is 0.248 e. The van der Waals surface area contributed by atoms with Crippen LogP contribution < -0.4 is 10.6 Å². The Morgan fingerprint density at radius 2 is 1.90 bits per heavy atom. The van der Waals surface area contributed by atoms with Gasteiger partial charge in [0, 0.05) is 31.4 Å². The fourth-order valence-corrected chi connectivity index (χ4v) is 5.90. The lowest BCUT2D eigenvalue weighted by molar-refractivity contribution is -0.141. The van der Waals surface area contributed by atoms with E-state index in [1.807, 2.05) is 49.1 Å². The number of rotatable bonds is 7. The van der Waals surface area contributed by atoms with E-state index >= 15 is 0 Å². The number of hydrogen-bond donors (Lipinski definition) is 2. The Bertz CT molecular complexity index is 1370. The van der Waals surface area contributed by atoms with E-state index in [-0.39, 0.29) is 17.9 Å². The Morgan fingerprint density at radius 3 is 2.65 bits per heavy atom. The minimum Gasteiger partial charge on any atom is -0.340 e. The summed E-state index contributed by atoms with van der Waals surface area (Å²) >= 11 is 0. The quantitative estimate of drug-likeness (QED) is 0.436. The molecule has 2 aromatic carbocycles. The van der Waals surface area contributed by atoms with Crippen LogP contribution in [0.1, 0.15) is 62.8 Å². The molecule has 1 aromatic heterocycles. The van der Waals surface area contributed by atoms with Gasteiger partial charge in [-0.05, 0) is 74.6 Å². The predicted octanol–water partition coefficient (Wildman–Crippen LogP) is 4.98. The Labute approximate surface area is 234 Å². The van der Waals surface area contributed by atoms with Crippen molar-refractivity contribution in [3.63, 3.8) is 0 Å². The van der Waals surface area contributed by atoms with Gasteiger partial charge < -0.3 is 14.8 Å². The van der Waals surface area contributed by atoms with Gasteiger partial charge in [-0.15, -0.1) is 0 Å². The van der Waals surface area contributed by atoms with Crippen LogP contribution in [-0.2, 0) is 28.0 Å². The Kier molecular flexibility index (Phi) is 8.03. The van der Waals surface area contributed by atoms with Crippen molar-refractivity contribution in [2.45, 2.75) is 70.5 Å². The number of carbonyl (C=O) groups is 2. The molecule has 1 fully saturated rings. The number of hydrogen-bond acceptors (Lipinski definition) is 4. The van der Waals surface area contributed by atoms with Crippen LogP contribution in [0.2, 0.25) is 0 Å². The fourth-order valence-electron chi connectivity index (χ4n) is 5.90. The molecule has 2 heterocycles. The van der Waals surface area contributed by atoms with Gasteiger partial charge in [0.25, 0.3) is 0 Å². The fraction of sp³-hybridized carbons (Fsp3) is 0.452. The van der Waals surface area contributed by atoms with Gasteiger partial charge in [-0.1, -0.05) is 37.3 Å². The molecule has 212 valence electrons. The topological polar surface area (TPSA) is 79.3 Å². The molecule has 2 amide bonds. The number of fused-ring (bicyclic) bond motifs is 1. The van der Waals surface area contributed by atoms with Crippen LogP contribution in [0.3, 0.4) is 0 Å². The molecular weight excluding hydrogens is 512 g/mol. The van der Waals surface area contributed by atoms with Crippen LogP contribution in [0, 0.1) is 17.6 Å². The molecule has 2 N–H and O–H groups in total. The van der Waals surface area contributed by atoms with Crippen LogP contribution in [0.15, 0.2) is 55.0 Å². The molecule has 0 bridgehead atoms. The summed E-state index contributed by atoms with van der Waals surface area (Å²) < 4.78 is 30.0. The molecule has 9 heteroatoms. The minimum absolute atomic E-state index is 0.0304. The van der Waals surface area contributed by atoms with E-state index in [1.54, 1.807) is 17.1 Å². The molecule has 2 aliphatic rings. The first kappa shape index (κ1) is 28.0. The molecule has 5 rings (SSSR count). The van der Waals surface area contributed by atoms with Crippen molar-refractivity contribution in [2.24, 2.45) is 5.92 Å². The Balaban J connectivity index is 1.31. The van der Waals surface area contributed by atoms with Crippen LogP contribution >= 0.6 is 0 Å². The second-order valence-electron chi connectivity index (χ2n) is 11.7. The molecule has 1 saturated heterocycles. The van der Waals surface area contributed by atoms with E-state index in [4.69, 9.17) is 0 Å². The van der Waals surface area contributed by atoms with Crippen LogP contribution in [0.5, 0.6) is 0 Å². The highest BCUT2D eigenvalue weighted by Crippen LogP contribution is 2.28. The molecule has 1 aliphatic carbocycles. The van der Waals surface area contributed by atoms with Crippen molar-refractivity contribution in [1.29, 1.82) is 0 Å². The van der Waals surface area contributed by atoms with Crippen molar-refractivity contribution in [3.05, 3.63) is 83.3 Å². The first-order chi connectivity index (χ1) is 19.1. The van der Waals surface area contributed by atoms with Gasteiger partial charge in [-0.25, -0.2) is 13.8 Å². The summed E-state index contributed by atoms with van der Waals surface area (Å²) in [7, 11) is 0. The highest BCUT2D eigenvalue weighted by Gasteiger charge is 2.36. The van der Waals surface area contributed by atoms with E-state index in [1.165, 1.54) is 6.07 Å². The number of anilines is 1. The Hall–Kier alpha value is -3.59. The number of piperidine rings is 1. The van der Waals surface area contributed by atoms with Gasteiger partial charge >= 0.3 is 0 Å². The molecule has 2 unspecified atom stereocenters. The maximum atomic E-state index is 14.5. The van der Waals surface area contributed by atoms with Crippen LogP contribution in [0.25, 0.3) is 0 Å². The van der Waals surface area contributed by atoms with E-state index in [9.17, 15) is 18.4 Å². The molecule has 0 saturated carbocycles. The van der Waals surface area contributed by atoms with Crippen molar-refractivity contribution < 1.29 is 18.4 Å². The van der Waals surface area contributed by atoms with Crippen molar-refractivity contribution >= 4 is 17.6 Å². The predicted molar refractivity (Wildman–Crippen MR) is 150 cm³/mol. The molecule has 0 radical (unpaired) electrons. The van der Waals surface area contributed by atoms with Gasteiger partial charge in [-0.3, -0.25) is 14.9 Å². The van der Waals surface area contributed by atoms with Gasteiger partial charge in [-0.2, -0.15) is 0 Å². The number of nitrogens with one attached hydrogen (secondary N) is 2. The van der Waals surface area contributed by atoms with Crippen molar-refractivity contribution in [1.82, 2.24) is 19.8 Å². The monoisotopic (exact) mass is 549 g/mol. The molecular formula is C31H37F2N5O2. The van der Waals surface area contributed by atoms with Gasteiger partial charge in [0.2, 0.25) is 11.8 Å². The summed E-state index contributed by atoms with van der Waals surface area (Å²) in [6.45, 7) is 7.39. The zero-order valence-electron chi connectivity index (χ0n) is 23.3. The number of halogens is 2. The second kappa shape index (κ2) is 11.5. The summed E-state index contributed by atoms with van der Waals surface area (Å²) in [4.78, 5) is 33.3. The van der Waals surface area contributed by atoms with E-state index in [0.29, 0.717) is 42.1 Å². The number of likely N-dealkylation sites (tertiary alicyclic amines) is 1. The van der Waals surface area contributed by atoms with Crippen molar-refractivity contribution in [2.75, 3.05) is 18.4 Å². The summed E-state index contributed by atoms with van der Waals surface area (Å²) in [5, 5.41) is 6.31. The van der Waals surface area contributed by atoms with E-state index in [2.05, 4.69) is 22.5 Å². The Morgan fingerprint density at radius 1 is 1.12 bits per heavy atom. The van der Waals surface area contributed by atoms with Crippen molar-refractivity contribution in [3.8, 4) is 0 Å². The minimum atomic E-state index is -0.858. The normalized spacial score (nSPS) is 20.1. The number of imidazole rings is 1. The second-order valence-corrected chi connectivity index (χ2v) is 11.7. The lowest BCUT2D eigenvalue weighted by atomic mass is 9.87. The summed E-state index contributed by atoms with van der Waals surface area (Å²) in [6, 6.07) is 10.7. The molecule has 3 aromatic rings. The number of nitrogens with zero attached hydrogens (tertiary/aromatic N) is 3. The van der Waals surface area contributed by atoms with Crippen LogP contribution in [0.4, 0.5) is 14.6 Å². The third kappa shape index (κ3) is 5.94. The lowest BCUT2D eigenvalue weighted by Crippen LogP contribution is -2.49. The highest BCUT2D eigenvalue weighted by atomic mass is 19.1. The maximum absolute atomic E-state index is 14.5. The molecule has 3 atom stereocenters. The molecule has 1 aliphatic heterocycles. The average Bonchev–Trinajstić information content (AvgIpc) is 3.41. The highest BCUT2D eigenvalue weighted by molar-refractivity contribution is 5.95. The summed E-state index contributed by atoms with van der Waals surface area (Å²) in [5.41, 5.74) is 1.08. The number of carbonyl (C=O) groups excluding carboxylic acids is 2. The standard InChI is InChI=1S/C31H37F2N5O2/c1-20-8-7-13-37(17-20)30(40)31(2,3)38-18-27(34-19-38)36-29(39)28(21-9-5-4-6-10-21)35-24-12-11-22-14-23(32)15-26(33)25(22)16-24/h4-6,9-10,14-15,18-20,24,28,35H,7-8,11-13,16-17H2,1-3H3,(H,36,39)/t20?,24?,28-/m0/s1. The molecule has 0 spiro atoms. The first-order valence-electron chi connectivity index (χ1n) is 14.0. The number of aromatic nitrogens is 2. The summed E-state index contributed by atoms with van der Waals surface area (Å²) in [6.07, 6.45) is 6.91. The molecule has 7 nitrogen and oxygen atoms in total. The average molecular weight is 550 g/mol. The van der Waals surface area contributed by atoms with Crippen LogP contribution in [-0.4, -0.2) is 45.4 Å². The maximum Gasteiger partial charge on any atom is 0.248 e. The van der Waals surface area contributed by atoms with E-state index < -0.39 is 23.2 Å². The number of amides is 2. The third-order valence-corrected chi connectivity index (χ3v) is 8.21. The molecule has 40 heavy (non-hydrogen) atoms. The zero-order chi connectivity index (χ0) is 28.4. The van der Waals surface area contributed by atoms with Gasteiger partial charge in [0.1, 0.15) is 23.2 Å². The van der Waals surface area contributed by atoms with Gasteiger partial charge in [0.15, 0.2) is 5.82 Å². The first-order valence-corrected chi connectivity index (χ1v) is 14.0. The lowest BCUT2D eigenvalue weighted by Gasteiger charge is -2.37. The number of benzene rings is 2. The third-order valence-electron chi connectivity index (χ3n) is 8.21.